The highest BCUT2D eigenvalue weighted by Gasteiger charge is 2.36. The Balaban J connectivity index is 1.77. The van der Waals surface area contributed by atoms with Crippen molar-refractivity contribution in [3.63, 3.8) is 0 Å². The molecule has 0 bridgehead atoms. The molecular formula is C14H21N5O. The predicted molar refractivity (Wildman–Crippen MR) is 75.9 cm³/mol. The molecule has 2 unspecified atom stereocenters. The zero-order valence-electron chi connectivity index (χ0n) is 11.6. The van der Waals surface area contributed by atoms with E-state index >= 15 is 0 Å². The molecule has 1 aliphatic carbocycles. The van der Waals surface area contributed by atoms with Crippen LogP contribution in [0, 0.1) is 5.92 Å². The Morgan fingerprint density at radius 1 is 1.20 bits per heavy atom. The van der Waals surface area contributed by atoms with Crippen molar-refractivity contribution < 1.29 is 4.79 Å². The van der Waals surface area contributed by atoms with Gasteiger partial charge < -0.3 is 10.3 Å². The summed E-state index contributed by atoms with van der Waals surface area (Å²) in [5.41, 5.74) is 2.83. The van der Waals surface area contributed by atoms with Gasteiger partial charge in [0.2, 0.25) is 0 Å². The lowest BCUT2D eigenvalue weighted by molar-refractivity contribution is 0.0384. The number of nitrogen functional groups attached to an aromatic ring is 1. The summed E-state index contributed by atoms with van der Waals surface area (Å²) in [6.45, 7) is 0.846. The van der Waals surface area contributed by atoms with E-state index in [9.17, 15) is 4.79 Å². The van der Waals surface area contributed by atoms with E-state index in [0.29, 0.717) is 23.5 Å². The summed E-state index contributed by atoms with van der Waals surface area (Å²) in [6.07, 6.45) is 7.29. The van der Waals surface area contributed by atoms with Gasteiger partial charge in [-0.1, -0.05) is 12.8 Å². The number of nitrogens with two attached hydrogens (primary N) is 1. The number of aromatic nitrogens is 2. The number of rotatable bonds is 2. The number of fused-ring (bicyclic) bond motifs is 1. The summed E-state index contributed by atoms with van der Waals surface area (Å²) in [5, 5.41) is 7.86. The molecule has 1 aromatic rings. The SMILES string of the molecule is NNc1ccc(C(=O)N2CCCC3CCCCC32)nn1. The van der Waals surface area contributed by atoms with Gasteiger partial charge in [-0.25, -0.2) is 5.84 Å². The largest absolute Gasteiger partial charge is 0.334 e. The number of piperidine rings is 1. The van der Waals surface area contributed by atoms with E-state index < -0.39 is 0 Å². The molecule has 0 radical (unpaired) electrons. The lowest BCUT2D eigenvalue weighted by Crippen LogP contribution is -2.49. The average Bonchev–Trinajstić information content (AvgIpc) is 2.54. The van der Waals surface area contributed by atoms with Crippen LogP contribution in [-0.4, -0.2) is 33.6 Å². The van der Waals surface area contributed by atoms with Crippen LogP contribution in [0.5, 0.6) is 0 Å². The first-order valence-corrected chi connectivity index (χ1v) is 7.41. The Morgan fingerprint density at radius 2 is 2.00 bits per heavy atom. The Labute approximate surface area is 118 Å². The lowest BCUT2D eigenvalue weighted by atomic mass is 9.78. The molecule has 20 heavy (non-hydrogen) atoms. The molecule has 1 aliphatic heterocycles. The third-order valence-electron chi connectivity index (χ3n) is 4.54. The van der Waals surface area contributed by atoms with Crippen LogP contribution in [-0.2, 0) is 0 Å². The second-order valence-corrected chi connectivity index (χ2v) is 5.70. The number of amides is 1. The van der Waals surface area contributed by atoms with Gasteiger partial charge >= 0.3 is 0 Å². The zero-order valence-corrected chi connectivity index (χ0v) is 11.6. The van der Waals surface area contributed by atoms with Crippen LogP contribution in [0.4, 0.5) is 5.82 Å². The third kappa shape index (κ3) is 2.47. The summed E-state index contributed by atoms with van der Waals surface area (Å²) in [4.78, 5) is 14.6. The van der Waals surface area contributed by atoms with Crippen molar-refractivity contribution >= 4 is 11.7 Å². The third-order valence-corrected chi connectivity index (χ3v) is 4.54. The zero-order chi connectivity index (χ0) is 13.9. The van der Waals surface area contributed by atoms with Crippen LogP contribution in [0.1, 0.15) is 49.0 Å². The van der Waals surface area contributed by atoms with E-state index in [1.165, 1.54) is 25.7 Å². The average molecular weight is 275 g/mol. The number of carbonyl (C=O) groups excluding carboxylic acids is 1. The van der Waals surface area contributed by atoms with Crippen LogP contribution in [0.15, 0.2) is 12.1 Å². The highest BCUT2D eigenvalue weighted by atomic mass is 16.2. The summed E-state index contributed by atoms with van der Waals surface area (Å²) in [7, 11) is 0. The Kier molecular flexibility index (Phi) is 3.82. The Bertz CT molecular complexity index is 473. The molecule has 6 nitrogen and oxygen atoms in total. The summed E-state index contributed by atoms with van der Waals surface area (Å²) >= 11 is 0. The predicted octanol–water partition coefficient (Wildman–Crippen LogP) is 1.56. The van der Waals surface area contributed by atoms with Crippen molar-refractivity contribution in [3.8, 4) is 0 Å². The quantitative estimate of drug-likeness (QED) is 0.632. The van der Waals surface area contributed by atoms with Gasteiger partial charge in [-0.2, -0.15) is 0 Å². The number of anilines is 1. The van der Waals surface area contributed by atoms with Crippen molar-refractivity contribution in [3.05, 3.63) is 17.8 Å². The van der Waals surface area contributed by atoms with Gasteiger partial charge in [0.1, 0.15) is 0 Å². The first-order valence-electron chi connectivity index (χ1n) is 7.41. The molecule has 0 spiro atoms. The molecular weight excluding hydrogens is 254 g/mol. The number of hydrogen-bond donors (Lipinski definition) is 2. The van der Waals surface area contributed by atoms with Crippen molar-refractivity contribution in [1.29, 1.82) is 0 Å². The van der Waals surface area contributed by atoms with Crippen LogP contribution < -0.4 is 11.3 Å². The van der Waals surface area contributed by atoms with Gasteiger partial charge in [0.15, 0.2) is 11.5 Å². The van der Waals surface area contributed by atoms with Crippen LogP contribution in [0.2, 0.25) is 0 Å². The second kappa shape index (κ2) is 5.75. The first kappa shape index (κ1) is 13.3. The minimum Gasteiger partial charge on any atom is -0.334 e. The molecule has 1 saturated heterocycles. The number of likely N-dealkylation sites (tertiary alicyclic amines) is 1. The minimum absolute atomic E-state index is 0.0117. The molecule has 1 saturated carbocycles. The standard InChI is InChI=1S/C14H21N5O/c15-16-13-8-7-11(17-18-13)14(20)19-9-3-5-10-4-1-2-6-12(10)19/h7-8,10,12H,1-6,9,15H2,(H,16,18). The molecule has 1 aromatic heterocycles. The van der Waals surface area contributed by atoms with Gasteiger partial charge in [0, 0.05) is 12.6 Å². The Morgan fingerprint density at radius 3 is 2.75 bits per heavy atom. The second-order valence-electron chi connectivity index (χ2n) is 5.70. The maximum atomic E-state index is 12.6. The number of hydrogen-bond acceptors (Lipinski definition) is 5. The fraction of sp³-hybridized carbons (Fsp3) is 0.643. The number of carbonyl (C=O) groups is 1. The fourth-order valence-electron chi connectivity index (χ4n) is 3.55. The molecule has 2 atom stereocenters. The minimum atomic E-state index is 0.0117. The number of nitrogens with one attached hydrogen (secondary N) is 1. The van der Waals surface area contributed by atoms with Gasteiger partial charge in [0.25, 0.3) is 5.91 Å². The van der Waals surface area contributed by atoms with Crippen LogP contribution >= 0.6 is 0 Å². The van der Waals surface area contributed by atoms with Crippen LogP contribution in [0.25, 0.3) is 0 Å². The van der Waals surface area contributed by atoms with Gasteiger partial charge in [-0.15, -0.1) is 10.2 Å². The normalized spacial score (nSPS) is 25.9. The van der Waals surface area contributed by atoms with Crippen molar-refractivity contribution in [2.75, 3.05) is 12.0 Å². The first-order chi connectivity index (χ1) is 9.79. The van der Waals surface area contributed by atoms with E-state index in [1.54, 1.807) is 12.1 Å². The number of hydrazine groups is 1. The molecule has 2 fully saturated rings. The van der Waals surface area contributed by atoms with Crippen molar-refractivity contribution in [1.82, 2.24) is 15.1 Å². The Hall–Kier alpha value is -1.69. The molecule has 0 aromatic carbocycles. The highest BCUT2D eigenvalue weighted by molar-refractivity contribution is 5.92. The molecule has 108 valence electrons. The molecule has 6 heteroatoms. The monoisotopic (exact) mass is 275 g/mol. The van der Waals surface area contributed by atoms with E-state index in [-0.39, 0.29) is 5.91 Å². The van der Waals surface area contributed by atoms with Crippen LogP contribution in [0.3, 0.4) is 0 Å². The molecule has 3 rings (SSSR count). The summed E-state index contributed by atoms with van der Waals surface area (Å²) in [5.74, 6) is 6.42. The number of nitrogens with zero attached hydrogens (tertiary/aromatic N) is 3. The highest BCUT2D eigenvalue weighted by Crippen LogP contribution is 2.35. The van der Waals surface area contributed by atoms with Crippen molar-refractivity contribution in [2.24, 2.45) is 11.8 Å². The smallest absolute Gasteiger partial charge is 0.274 e. The lowest BCUT2D eigenvalue weighted by Gasteiger charge is -2.43. The fourth-order valence-corrected chi connectivity index (χ4v) is 3.55. The van der Waals surface area contributed by atoms with E-state index in [1.807, 2.05) is 4.90 Å². The van der Waals surface area contributed by atoms with Gasteiger partial charge in [-0.3, -0.25) is 4.79 Å². The maximum absolute atomic E-state index is 12.6. The van der Waals surface area contributed by atoms with E-state index in [2.05, 4.69) is 15.6 Å². The van der Waals surface area contributed by atoms with Gasteiger partial charge in [-0.05, 0) is 43.7 Å². The maximum Gasteiger partial charge on any atom is 0.274 e. The van der Waals surface area contributed by atoms with E-state index in [4.69, 9.17) is 5.84 Å². The summed E-state index contributed by atoms with van der Waals surface area (Å²) in [6, 6.07) is 3.78. The van der Waals surface area contributed by atoms with Gasteiger partial charge in [0.05, 0.1) is 0 Å². The van der Waals surface area contributed by atoms with E-state index in [0.717, 1.165) is 19.4 Å². The molecule has 2 heterocycles. The summed E-state index contributed by atoms with van der Waals surface area (Å²) < 4.78 is 0. The molecule has 1 amide bonds. The topological polar surface area (TPSA) is 84.1 Å². The molecule has 2 aliphatic rings. The van der Waals surface area contributed by atoms with Crippen molar-refractivity contribution in [2.45, 2.75) is 44.6 Å². The molecule has 3 N–H and O–H groups in total.